The van der Waals surface area contributed by atoms with Crippen LogP contribution in [0.1, 0.15) is 22.3 Å². The molecule has 0 aliphatic carbocycles. The minimum absolute atomic E-state index is 0.129. The van der Waals surface area contributed by atoms with Gasteiger partial charge in [-0.3, -0.25) is 4.79 Å². The highest BCUT2D eigenvalue weighted by Gasteiger charge is 2.13. The zero-order chi connectivity index (χ0) is 17.8. The molecule has 0 atom stereocenters. The average Bonchev–Trinajstić information content (AvgIpc) is 2.86. The number of carbonyl (C=O) groups is 1. The molecule has 0 saturated carbocycles. The SMILES string of the molecule is COc1cc(/C=C/C(=O)c2ccc3c(c2)OCCCO3)cc(Cl)c1O. The number of fused-ring (bicyclic) bond motifs is 1. The maximum atomic E-state index is 12.4. The van der Waals surface area contributed by atoms with Crippen LogP contribution in [-0.4, -0.2) is 31.2 Å². The molecule has 0 amide bonds. The number of hydrogen-bond acceptors (Lipinski definition) is 5. The first-order valence-electron chi connectivity index (χ1n) is 7.77. The number of allylic oxidation sites excluding steroid dienone is 1. The van der Waals surface area contributed by atoms with E-state index in [1.165, 1.54) is 13.2 Å². The number of rotatable bonds is 4. The highest BCUT2D eigenvalue weighted by atomic mass is 35.5. The van der Waals surface area contributed by atoms with E-state index >= 15 is 0 Å². The van der Waals surface area contributed by atoms with Gasteiger partial charge in [-0.05, 0) is 42.0 Å². The van der Waals surface area contributed by atoms with Crippen LogP contribution in [0, 0.1) is 0 Å². The number of hydrogen-bond donors (Lipinski definition) is 1. The second kappa shape index (κ2) is 7.49. The minimum Gasteiger partial charge on any atom is -0.503 e. The Morgan fingerprint density at radius 2 is 1.96 bits per heavy atom. The van der Waals surface area contributed by atoms with Gasteiger partial charge in [0, 0.05) is 12.0 Å². The fraction of sp³-hybridized carbons (Fsp3) is 0.211. The lowest BCUT2D eigenvalue weighted by atomic mass is 10.1. The largest absolute Gasteiger partial charge is 0.503 e. The van der Waals surface area contributed by atoms with Gasteiger partial charge in [-0.15, -0.1) is 0 Å². The molecular formula is C19H17ClO5. The summed E-state index contributed by atoms with van der Waals surface area (Å²) in [6, 6.07) is 8.26. The molecule has 2 aromatic rings. The second-order valence-electron chi connectivity index (χ2n) is 5.46. The first kappa shape index (κ1) is 17.2. The normalized spacial score (nSPS) is 13.5. The number of ether oxygens (including phenoxy) is 3. The Labute approximate surface area is 150 Å². The molecule has 0 unspecified atom stereocenters. The molecule has 0 saturated heterocycles. The van der Waals surface area contributed by atoms with Gasteiger partial charge in [-0.25, -0.2) is 0 Å². The van der Waals surface area contributed by atoms with E-state index in [4.69, 9.17) is 25.8 Å². The maximum Gasteiger partial charge on any atom is 0.185 e. The standard InChI is InChI=1S/C19H17ClO5/c1-23-18-10-12(9-14(20)19(18)22)3-5-15(21)13-4-6-16-17(11-13)25-8-2-7-24-16/h3-6,9-11,22H,2,7-8H2,1H3/b5-3+. The summed E-state index contributed by atoms with van der Waals surface area (Å²) in [7, 11) is 1.43. The van der Waals surface area contributed by atoms with Gasteiger partial charge in [0.25, 0.3) is 0 Å². The molecule has 1 heterocycles. The van der Waals surface area contributed by atoms with E-state index in [-0.39, 0.29) is 22.3 Å². The van der Waals surface area contributed by atoms with Crippen LogP contribution in [0.4, 0.5) is 0 Å². The Balaban J connectivity index is 1.81. The van der Waals surface area contributed by atoms with Gasteiger partial charge < -0.3 is 19.3 Å². The summed E-state index contributed by atoms with van der Waals surface area (Å²) in [6.07, 6.45) is 3.85. The van der Waals surface area contributed by atoms with Gasteiger partial charge >= 0.3 is 0 Å². The number of phenolic OH excluding ortho intramolecular Hbond substituents is 1. The molecule has 25 heavy (non-hydrogen) atoms. The summed E-state index contributed by atoms with van der Waals surface area (Å²) in [5, 5.41) is 9.89. The summed E-state index contributed by atoms with van der Waals surface area (Å²) in [5.41, 5.74) is 1.14. The van der Waals surface area contributed by atoms with Gasteiger partial charge in [0.15, 0.2) is 28.8 Å². The molecular weight excluding hydrogens is 344 g/mol. The number of methoxy groups -OCH3 is 1. The van der Waals surface area contributed by atoms with E-state index in [1.807, 2.05) is 0 Å². The molecule has 3 rings (SSSR count). The van der Waals surface area contributed by atoms with Crippen molar-refractivity contribution in [2.45, 2.75) is 6.42 Å². The first-order valence-corrected chi connectivity index (χ1v) is 8.15. The predicted molar refractivity (Wildman–Crippen MR) is 95.1 cm³/mol. The van der Waals surface area contributed by atoms with Crippen molar-refractivity contribution in [1.82, 2.24) is 0 Å². The third kappa shape index (κ3) is 3.88. The van der Waals surface area contributed by atoms with Gasteiger partial charge in [0.2, 0.25) is 0 Å². The van der Waals surface area contributed by atoms with E-state index in [0.717, 1.165) is 6.42 Å². The van der Waals surface area contributed by atoms with Crippen molar-refractivity contribution >= 4 is 23.5 Å². The molecule has 1 aliphatic heterocycles. The van der Waals surface area contributed by atoms with Crippen LogP contribution < -0.4 is 14.2 Å². The first-order chi connectivity index (χ1) is 12.1. The number of carbonyl (C=O) groups excluding carboxylic acids is 1. The molecule has 6 heteroatoms. The average molecular weight is 361 g/mol. The lowest BCUT2D eigenvalue weighted by Gasteiger charge is -2.08. The number of benzene rings is 2. The molecule has 1 aliphatic rings. The van der Waals surface area contributed by atoms with Crippen molar-refractivity contribution in [3.63, 3.8) is 0 Å². The van der Waals surface area contributed by atoms with Gasteiger partial charge in [0.05, 0.1) is 25.3 Å². The molecule has 0 spiro atoms. The summed E-state index contributed by atoms with van der Waals surface area (Å²) >= 11 is 5.95. The second-order valence-corrected chi connectivity index (χ2v) is 5.87. The van der Waals surface area contributed by atoms with Gasteiger partial charge in [-0.2, -0.15) is 0 Å². The van der Waals surface area contributed by atoms with Crippen LogP contribution in [0.2, 0.25) is 5.02 Å². The molecule has 130 valence electrons. The molecule has 0 fully saturated rings. The Morgan fingerprint density at radius 1 is 1.20 bits per heavy atom. The smallest absolute Gasteiger partial charge is 0.185 e. The van der Waals surface area contributed by atoms with Gasteiger partial charge in [-0.1, -0.05) is 17.7 Å². The van der Waals surface area contributed by atoms with Gasteiger partial charge in [0.1, 0.15) is 0 Å². The lowest BCUT2D eigenvalue weighted by molar-refractivity contribution is 0.104. The number of halogens is 1. The Kier molecular flexibility index (Phi) is 5.14. The summed E-state index contributed by atoms with van der Waals surface area (Å²) in [5.74, 6) is 1.16. The maximum absolute atomic E-state index is 12.4. The number of aromatic hydroxyl groups is 1. The predicted octanol–water partition coefficient (Wildman–Crippen LogP) is 4.11. The summed E-state index contributed by atoms with van der Waals surface area (Å²) in [4.78, 5) is 12.4. The zero-order valence-corrected chi connectivity index (χ0v) is 14.4. The fourth-order valence-electron chi connectivity index (χ4n) is 2.43. The molecule has 0 radical (unpaired) electrons. The Bertz CT molecular complexity index is 829. The van der Waals surface area contributed by atoms with E-state index in [1.54, 1.807) is 36.4 Å². The number of ketones is 1. The molecule has 1 N–H and O–H groups in total. The number of phenols is 1. The summed E-state index contributed by atoms with van der Waals surface area (Å²) < 4.78 is 16.2. The van der Waals surface area contributed by atoms with Crippen molar-refractivity contribution < 1.29 is 24.1 Å². The third-order valence-corrected chi connectivity index (χ3v) is 4.02. The molecule has 5 nitrogen and oxygen atoms in total. The van der Waals surface area contributed by atoms with Crippen LogP contribution in [0.5, 0.6) is 23.0 Å². The van der Waals surface area contributed by atoms with Crippen molar-refractivity contribution in [3.8, 4) is 23.0 Å². The van der Waals surface area contributed by atoms with Crippen LogP contribution in [-0.2, 0) is 0 Å². The van der Waals surface area contributed by atoms with E-state index in [9.17, 15) is 9.90 Å². The van der Waals surface area contributed by atoms with Crippen molar-refractivity contribution in [2.75, 3.05) is 20.3 Å². The van der Waals surface area contributed by atoms with Crippen LogP contribution in [0.25, 0.3) is 6.08 Å². The molecule has 2 aromatic carbocycles. The van der Waals surface area contributed by atoms with Crippen LogP contribution in [0.15, 0.2) is 36.4 Å². The van der Waals surface area contributed by atoms with Crippen molar-refractivity contribution in [2.24, 2.45) is 0 Å². The lowest BCUT2D eigenvalue weighted by Crippen LogP contribution is -1.98. The molecule has 0 aromatic heterocycles. The third-order valence-electron chi connectivity index (χ3n) is 3.73. The topological polar surface area (TPSA) is 65.0 Å². The quantitative estimate of drug-likeness (QED) is 0.656. The van der Waals surface area contributed by atoms with E-state index in [0.29, 0.717) is 35.8 Å². The highest BCUT2D eigenvalue weighted by molar-refractivity contribution is 6.32. The monoisotopic (exact) mass is 360 g/mol. The van der Waals surface area contributed by atoms with E-state index in [2.05, 4.69) is 0 Å². The highest BCUT2D eigenvalue weighted by Crippen LogP contribution is 2.35. The van der Waals surface area contributed by atoms with Crippen molar-refractivity contribution in [1.29, 1.82) is 0 Å². The Hall–Kier alpha value is -2.66. The van der Waals surface area contributed by atoms with Crippen LogP contribution in [0.3, 0.4) is 0 Å². The summed E-state index contributed by atoms with van der Waals surface area (Å²) in [6.45, 7) is 1.16. The zero-order valence-electron chi connectivity index (χ0n) is 13.6. The Morgan fingerprint density at radius 3 is 2.72 bits per heavy atom. The fourth-order valence-corrected chi connectivity index (χ4v) is 2.65. The van der Waals surface area contributed by atoms with E-state index < -0.39 is 0 Å². The van der Waals surface area contributed by atoms with Crippen molar-refractivity contribution in [3.05, 3.63) is 52.6 Å². The minimum atomic E-state index is -0.182. The van der Waals surface area contributed by atoms with Crippen LogP contribution >= 0.6 is 11.6 Å². The molecule has 0 bridgehead atoms.